The number of benzene rings is 1. The molecule has 0 spiro atoms. The van der Waals surface area contributed by atoms with Gasteiger partial charge in [-0.05, 0) is 12.5 Å². The Morgan fingerprint density at radius 3 is 2.70 bits per heavy atom. The highest BCUT2D eigenvalue weighted by atomic mass is 19.4. The average Bonchev–Trinajstić information content (AvgIpc) is 2.37. The van der Waals surface area contributed by atoms with Crippen molar-refractivity contribution < 1.29 is 23.4 Å². The van der Waals surface area contributed by atoms with Crippen LogP contribution in [0.3, 0.4) is 0 Å². The highest BCUT2D eigenvalue weighted by Gasteiger charge is 2.39. The lowest BCUT2D eigenvalue weighted by Gasteiger charge is -2.35. The molecule has 3 unspecified atom stereocenters. The molecule has 3 nitrogen and oxygen atoms in total. The van der Waals surface area contributed by atoms with Gasteiger partial charge in [0, 0.05) is 18.0 Å². The molecular weight excluding hydrogens is 271 g/mol. The third kappa shape index (κ3) is 2.76. The third-order valence-electron chi connectivity index (χ3n) is 3.72. The fourth-order valence-electron chi connectivity index (χ4n) is 2.67. The smallest absolute Gasteiger partial charge is 0.393 e. The number of para-hydroxylation sites is 1. The summed E-state index contributed by atoms with van der Waals surface area (Å²) in [5.74, 6) is -0.495. The van der Waals surface area contributed by atoms with Gasteiger partial charge in [-0.3, -0.25) is 0 Å². The molecular formula is C14H18F3NO2. The molecule has 0 bridgehead atoms. The molecule has 0 saturated heterocycles. The Balaban J connectivity index is 2.34. The number of fused-ring (bicyclic) bond motifs is 1. The third-order valence-corrected chi connectivity index (χ3v) is 3.72. The molecule has 0 aliphatic carbocycles. The summed E-state index contributed by atoms with van der Waals surface area (Å²) in [6.07, 6.45) is -5.02. The minimum Gasteiger partial charge on any atom is -0.393 e. The summed E-state index contributed by atoms with van der Waals surface area (Å²) >= 11 is 0. The van der Waals surface area contributed by atoms with E-state index in [0.29, 0.717) is 6.42 Å². The Bertz CT molecular complexity index is 476. The van der Waals surface area contributed by atoms with Gasteiger partial charge in [0.25, 0.3) is 0 Å². The van der Waals surface area contributed by atoms with Crippen LogP contribution in [0.15, 0.2) is 18.2 Å². The summed E-state index contributed by atoms with van der Waals surface area (Å²) in [5.41, 5.74) is -0.656. The minimum atomic E-state index is -4.47. The molecule has 1 aliphatic rings. The predicted octanol–water partition coefficient (Wildman–Crippen LogP) is 2.94. The standard InChI is InChI=1S/C14H18F3NO2/c1-2-4-11(19)9-7-18-12-8(13(9)20)5-3-6-10(12)14(15,16)17/h3,5-6,9,11,13,18-20H,2,4,7H2,1H3. The van der Waals surface area contributed by atoms with Crippen LogP contribution >= 0.6 is 0 Å². The topological polar surface area (TPSA) is 52.5 Å². The quantitative estimate of drug-likeness (QED) is 0.802. The van der Waals surface area contributed by atoms with E-state index in [0.717, 1.165) is 12.5 Å². The molecule has 6 heteroatoms. The number of rotatable bonds is 3. The molecule has 0 fully saturated rings. The maximum absolute atomic E-state index is 12.9. The second kappa shape index (κ2) is 5.61. The van der Waals surface area contributed by atoms with Crippen molar-refractivity contribution in [3.8, 4) is 0 Å². The second-order valence-electron chi connectivity index (χ2n) is 5.11. The summed E-state index contributed by atoms with van der Waals surface area (Å²) in [7, 11) is 0. The molecule has 0 radical (unpaired) electrons. The lowest BCUT2D eigenvalue weighted by Crippen LogP contribution is -2.37. The minimum absolute atomic E-state index is 0.0764. The van der Waals surface area contributed by atoms with Gasteiger partial charge in [-0.2, -0.15) is 13.2 Å². The molecule has 0 aromatic heterocycles. The number of nitrogens with one attached hydrogen (secondary N) is 1. The lowest BCUT2D eigenvalue weighted by molar-refractivity contribution is -0.137. The molecule has 112 valence electrons. The van der Waals surface area contributed by atoms with Gasteiger partial charge in [0.15, 0.2) is 0 Å². The number of halogens is 3. The molecule has 0 amide bonds. The zero-order chi connectivity index (χ0) is 14.9. The van der Waals surface area contributed by atoms with E-state index < -0.39 is 29.9 Å². The van der Waals surface area contributed by atoms with E-state index in [1.807, 2.05) is 6.92 Å². The summed E-state index contributed by atoms with van der Waals surface area (Å²) < 4.78 is 38.7. The van der Waals surface area contributed by atoms with Crippen molar-refractivity contribution in [3.05, 3.63) is 29.3 Å². The monoisotopic (exact) mass is 289 g/mol. The number of alkyl halides is 3. The zero-order valence-corrected chi connectivity index (χ0v) is 11.1. The highest BCUT2D eigenvalue weighted by molar-refractivity contribution is 5.61. The van der Waals surface area contributed by atoms with E-state index in [2.05, 4.69) is 5.32 Å². The van der Waals surface area contributed by atoms with Gasteiger partial charge < -0.3 is 15.5 Å². The van der Waals surface area contributed by atoms with E-state index in [4.69, 9.17) is 0 Å². The van der Waals surface area contributed by atoms with Crippen LogP contribution in [0.4, 0.5) is 18.9 Å². The van der Waals surface area contributed by atoms with Crippen LogP contribution in [0.1, 0.15) is 37.0 Å². The maximum atomic E-state index is 12.9. The van der Waals surface area contributed by atoms with Crippen LogP contribution < -0.4 is 5.32 Å². The van der Waals surface area contributed by atoms with Gasteiger partial charge in [-0.25, -0.2) is 0 Å². The number of hydrogen-bond acceptors (Lipinski definition) is 3. The van der Waals surface area contributed by atoms with E-state index >= 15 is 0 Å². The van der Waals surface area contributed by atoms with Crippen LogP contribution in [0, 0.1) is 5.92 Å². The van der Waals surface area contributed by atoms with Crippen molar-refractivity contribution in [3.63, 3.8) is 0 Å². The van der Waals surface area contributed by atoms with Crippen LogP contribution in [-0.2, 0) is 6.18 Å². The van der Waals surface area contributed by atoms with E-state index in [1.54, 1.807) is 0 Å². The van der Waals surface area contributed by atoms with E-state index in [1.165, 1.54) is 12.1 Å². The van der Waals surface area contributed by atoms with Gasteiger partial charge in [-0.1, -0.05) is 25.5 Å². The SMILES string of the molecule is CCCC(O)C1CNc2c(cccc2C(F)(F)F)C1O. The zero-order valence-electron chi connectivity index (χ0n) is 11.1. The van der Waals surface area contributed by atoms with E-state index in [9.17, 15) is 23.4 Å². The average molecular weight is 289 g/mol. The Morgan fingerprint density at radius 2 is 2.10 bits per heavy atom. The van der Waals surface area contributed by atoms with Crippen LogP contribution in [0.25, 0.3) is 0 Å². The largest absolute Gasteiger partial charge is 0.418 e. The highest BCUT2D eigenvalue weighted by Crippen LogP contribution is 2.43. The van der Waals surface area contributed by atoms with Gasteiger partial charge in [0.1, 0.15) is 0 Å². The first-order chi connectivity index (χ1) is 9.36. The molecule has 1 heterocycles. The Morgan fingerprint density at radius 1 is 1.40 bits per heavy atom. The Hall–Kier alpha value is -1.27. The number of aliphatic hydroxyl groups is 2. The fraction of sp³-hybridized carbons (Fsp3) is 0.571. The van der Waals surface area contributed by atoms with Crippen molar-refractivity contribution in [2.24, 2.45) is 5.92 Å². The first-order valence-corrected chi connectivity index (χ1v) is 6.66. The second-order valence-corrected chi connectivity index (χ2v) is 5.11. The number of anilines is 1. The summed E-state index contributed by atoms with van der Waals surface area (Å²) in [6, 6.07) is 3.73. The van der Waals surface area contributed by atoms with Crippen LogP contribution in [0.2, 0.25) is 0 Å². The summed E-state index contributed by atoms with van der Waals surface area (Å²) in [5, 5.41) is 22.9. The lowest BCUT2D eigenvalue weighted by atomic mass is 9.84. The van der Waals surface area contributed by atoms with Crippen molar-refractivity contribution in [2.75, 3.05) is 11.9 Å². The molecule has 3 atom stereocenters. The van der Waals surface area contributed by atoms with Crippen molar-refractivity contribution in [2.45, 2.75) is 38.1 Å². The summed E-state index contributed by atoms with van der Waals surface area (Å²) in [6.45, 7) is 2.03. The van der Waals surface area contributed by atoms with Crippen molar-refractivity contribution >= 4 is 5.69 Å². The molecule has 2 rings (SSSR count). The molecule has 1 aromatic rings. The summed E-state index contributed by atoms with van der Waals surface area (Å²) in [4.78, 5) is 0. The number of aliphatic hydroxyl groups excluding tert-OH is 2. The van der Waals surface area contributed by atoms with Crippen molar-refractivity contribution in [1.82, 2.24) is 0 Å². The van der Waals surface area contributed by atoms with Gasteiger partial charge >= 0.3 is 6.18 Å². The Labute approximate surface area is 115 Å². The van der Waals surface area contributed by atoms with Crippen LogP contribution in [0.5, 0.6) is 0 Å². The molecule has 0 saturated carbocycles. The molecule has 1 aliphatic heterocycles. The number of hydrogen-bond donors (Lipinski definition) is 3. The fourth-order valence-corrected chi connectivity index (χ4v) is 2.67. The van der Waals surface area contributed by atoms with Gasteiger partial charge in [0.05, 0.1) is 23.5 Å². The normalized spacial score (nSPS) is 23.9. The maximum Gasteiger partial charge on any atom is 0.418 e. The molecule has 1 aromatic carbocycles. The Kier molecular flexibility index (Phi) is 4.25. The molecule has 3 N–H and O–H groups in total. The van der Waals surface area contributed by atoms with Crippen LogP contribution in [-0.4, -0.2) is 22.9 Å². The van der Waals surface area contributed by atoms with E-state index in [-0.39, 0.29) is 17.8 Å². The first-order valence-electron chi connectivity index (χ1n) is 6.66. The first kappa shape index (κ1) is 15.1. The van der Waals surface area contributed by atoms with Gasteiger partial charge in [-0.15, -0.1) is 0 Å². The molecule has 20 heavy (non-hydrogen) atoms. The van der Waals surface area contributed by atoms with Gasteiger partial charge in [0.2, 0.25) is 0 Å². The van der Waals surface area contributed by atoms with Crippen molar-refractivity contribution in [1.29, 1.82) is 0 Å². The predicted molar refractivity (Wildman–Crippen MR) is 69.3 cm³/mol.